The molecule has 0 aliphatic heterocycles. The minimum Gasteiger partial charge on any atom is -0.312 e. The van der Waals surface area contributed by atoms with Gasteiger partial charge in [-0.15, -0.1) is 11.3 Å². The van der Waals surface area contributed by atoms with E-state index >= 15 is 0 Å². The molecule has 0 bridgehead atoms. The van der Waals surface area contributed by atoms with Crippen molar-refractivity contribution >= 4 is 45.4 Å². The minimum atomic E-state index is -0.347. The zero-order valence-corrected chi connectivity index (χ0v) is 17.3. The number of anilines is 1. The maximum atomic E-state index is 12.6. The standard InChI is InChI=1S/C20H20Cl2N2OS/c1-20(2,3)11-7-8-12-14(10-23)19(26-16(12)9-11)24-18(25)13-5-4-6-15(21)17(13)22/h4-6,11H,7-9H2,1-3H3,(H,24,25). The van der Waals surface area contributed by atoms with E-state index in [1.165, 1.54) is 16.2 Å². The maximum absolute atomic E-state index is 12.6. The molecular weight excluding hydrogens is 387 g/mol. The topological polar surface area (TPSA) is 52.9 Å². The zero-order valence-electron chi connectivity index (χ0n) is 15.0. The molecule has 6 heteroatoms. The molecule has 0 saturated heterocycles. The second kappa shape index (κ2) is 7.23. The number of carbonyl (C=O) groups excluding carboxylic acids is 1. The van der Waals surface area contributed by atoms with Crippen LogP contribution in [0.5, 0.6) is 0 Å². The van der Waals surface area contributed by atoms with Gasteiger partial charge in [0.15, 0.2) is 0 Å². The number of rotatable bonds is 2. The number of halogens is 2. The SMILES string of the molecule is CC(C)(C)C1CCc2c(sc(NC(=O)c3cccc(Cl)c3Cl)c2C#N)C1. The highest BCUT2D eigenvalue weighted by atomic mass is 35.5. The van der Waals surface area contributed by atoms with E-state index in [1.54, 1.807) is 18.2 Å². The van der Waals surface area contributed by atoms with Crippen LogP contribution in [0.2, 0.25) is 10.0 Å². The third-order valence-corrected chi connectivity index (χ3v) is 7.01. The van der Waals surface area contributed by atoms with Gasteiger partial charge >= 0.3 is 0 Å². The van der Waals surface area contributed by atoms with E-state index in [1.807, 2.05) is 0 Å². The molecule has 0 fully saturated rings. The normalized spacial score (nSPS) is 16.7. The van der Waals surface area contributed by atoms with E-state index in [2.05, 4.69) is 32.2 Å². The summed E-state index contributed by atoms with van der Waals surface area (Å²) in [5.41, 5.74) is 2.21. The predicted molar refractivity (Wildman–Crippen MR) is 108 cm³/mol. The van der Waals surface area contributed by atoms with Crippen LogP contribution >= 0.6 is 34.5 Å². The van der Waals surface area contributed by atoms with Gasteiger partial charge in [0.25, 0.3) is 5.91 Å². The second-order valence-electron chi connectivity index (χ2n) is 7.68. The van der Waals surface area contributed by atoms with Crippen molar-refractivity contribution in [2.45, 2.75) is 40.0 Å². The number of nitriles is 1. The molecule has 1 atom stereocenters. The fourth-order valence-electron chi connectivity index (χ4n) is 3.38. The van der Waals surface area contributed by atoms with Gasteiger partial charge in [-0.05, 0) is 48.3 Å². The van der Waals surface area contributed by atoms with Crippen molar-refractivity contribution in [2.24, 2.45) is 11.3 Å². The molecule has 136 valence electrons. The lowest BCUT2D eigenvalue weighted by Crippen LogP contribution is -2.26. The first-order chi connectivity index (χ1) is 12.2. The van der Waals surface area contributed by atoms with Gasteiger partial charge in [0.2, 0.25) is 0 Å². The van der Waals surface area contributed by atoms with Crippen molar-refractivity contribution in [1.29, 1.82) is 5.26 Å². The van der Waals surface area contributed by atoms with Crippen LogP contribution in [0.15, 0.2) is 18.2 Å². The first-order valence-corrected chi connectivity index (χ1v) is 10.1. The van der Waals surface area contributed by atoms with Gasteiger partial charge < -0.3 is 5.32 Å². The van der Waals surface area contributed by atoms with E-state index in [-0.39, 0.29) is 16.3 Å². The van der Waals surface area contributed by atoms with Crippen LogP contribution < -0.4 is 5.32 Å². The van der Waals surface area contributed by atoms with Crippen molar-refractivity contribution in [2.75, 3.05) is 5.32 Å². The van der Waals surface area contributed by atoms with E-state index in [9.17, 15) is 10.1 Å². The average Bonchev–Trinajstić information content (AvgIpc) is 2.92. The number of carbonyl (C=O) groups is 1. The lowest BCUT2D eigenvalue weighted by molar-refractivity contribution is 0.102. The molecule has 1 aromatic carbocycles. The summed E-state index contributed by atoms with van der Waals surface area (Å²) >= 11 is 13.7. The Morgan fingerprint density at radius 2 is 2.08 bits per heavy atom. The van der Waals surface area contributed by atoms with Crippen molar-refractivity contribution < 1.29 is 4.79 Å². The van der Waals surface area contributed by atoms with Crippen molar-refractivity contribution in [3.8, 4) is 6.07 Å². The van der Waals surface area contributed by atoms with Gasteiger partial charge in [-0.2, -0.15) is 5.26 Å². The molecule has 1 aliphatic rings. The van der Waals surface area contributed by atoms with Gasteiger partial charge in [-0.3, -0.25) is 4.79 Å². The second-order valence-corrected chi connectivity index (χ2v) is 9.57. The summed E-state index contributed by atoms with van der Waals surface area (Å²) < 4.78 is 0. The molecule has 1 unspecified atom stereocenters. The fourth-order valence-corrected chi connectivity index (χ4v) is 5.04. The number of benzene rings is 1. The Bertz CT molecular complexity index is 906. The van der Waals surface area contributed by atoms with Crippen molar-refractivity contribution in [1.82, 2.24) is 0 Å². The highest BCUT2D eigenvalue weighted by molar-refractivity contribution is 7.16. The number of fused-ring (bicyclic) bond motifs is 1. The molecule has 3 rings (SSSR count). The highest BCUT2D eigenvalue weighted by Gasteiger charge is 2.32. The predicted octanol–water partition coefficient (Wildman–Crippen LogP) is 6.33. The van der Waals surface area contributed by atoms with Gasteiger partial charge in [0.05, 0.1) is 21.2 Å². The monoisotopic (exact) mass is 406 g/mol. The quantitative estimate of drug-likeness (QED) is 0.632. The zero-order chi connectivity index (χ0) is 19.1. The summed E-state index contributed by atoms with van der Waals surface area (Å²) in [5.74, 6) is 0.228. The minimum absolute atomic E-state index is 0.222. The Labute approximate surface area is 167 Å². The molecule has 0 saturated carbocycles. The Morgan fingerprint density at radius 1 is 1.35 bits per heavy atom. The molecule has 0 spiro atoms. The summed E-state index contributed by atoms with van der Waals surface area (Å²) in [5, 5.41) is 13.7. The van der Waals surface area contributed by atoms with Crippen LogP contribution in [0, 0.1) is 22.7 Å². The Hall–Kier alpha value is -1.54. The molecule has 26 heavy (non-hydrogen) atoms. The molecule has 1 heterocycles. The van der Waals surface area contributed by atoms with Gasteiger partial charge in [-0.1, -0.05) is 50.0 Å². The van der Waals surface area contributed by atoms with Crippen LogP contribution in [0.1, 0.15) is 53.6 Å². The largest absolute Gasteiger partial charge is 0.312 e. The Balaban J connectivity index is 1.90. The van der Waals surface area contributed by atoms with Crippen LogP contribution in [-0.2, 0) is 12.8 Å². The van der Waals surface area contributed by atoms with Crippen LogP contribution in [0.4, 0.5) is 5.00 Å². The molecule has 0 radical (unpaired) electrons. The Kier molecular flexibility index (Phi) is 5.35. The molecule has 3 nitrogen and oxygen atoms in total. The fraction of sp³-hybridized carbons (Fsp3) is 0.400. The van der Waals surface area contributed by atoms with Crippen molar-refractivity contribution in [3.05, 3.63) is 49.8 Å². The lowest BCUT2D eigenvalue weighted by atomic mass is 9.72. The van der Waals surface area contributed by atoms with E-state index in [4.69, 9.17) is 23.2 Å². The number of amides is 1. The van der Waals surface area contributed by atoms with Crippen molar-refractivity contribution in [3.63, 3.8) is 0 Å². The summed E-state index contributed by atoms with van der Waals surface area (Å²) in [6, 6.07) is 7.22. The number of thiophene rings is 1. The summed E-state index contributed by atoms with van der Waals surface area (Å²) in [4.78, 5) is 13.8. The summed E-state index contributed by atoms with van der Waals surface area (Å²) in [7, 11) is 0. The Morgan fingerprint density at radius 3 is 2.73 bits per heavy atom. The van der Waals surface area contributed by atoms with Crippen LogP contribution in [0.3, 0.4) is 0 Å². The van der Waals surface area contributed by atoms with Crippen LogP contribution in [0.25, 0.3) is 0 Å². The first-order valence-electron chi connectivity index (χ1n) is 8.52. The molecule has 1 N–H and O–H groups in total. The number of nitrogens with one attached hydrogen (secondary N) is 1. The first kappa shape index (κ1) is 19.2. The van der Waals surface area contributed by atoms with Gasteiger partial charge in [-0.25, -0.2) is 0 Å². The summed E-state index contributed by atoms with van der Waals surface area (Å²) in [6.07, 6.45) is 2.89. The maximum Gasteiger partial charge on any atom is 0.257 e. The molecule has 1 aromatic heterocycles. The average molecular weight is 407 g/mol. The summed E-state index contributed by atoms with van der Waals surface area (Å²) in [6.45, 7) is 6.77. The third-order valence-electron chi connectivity index (χ3n) is 5.03. The van der Waals surface area contributed by atoms with Crippen LogP contribution in [-0.4, -0.2) is 5.91 Å². The van der Waals surface area contributed by atoms with E-state index in [0.717, 1.165) is 24.8 Å². The number of hydrogen-bond donors (Lipinski definition) is 1. The highest BCUT2D eigenvalue weighted by Crippen LogP contribution is 2.44. The molecular formula is C20H20Cl2N2OS. The van der Waals surface area contributed by atoms with E-state index in [0.29, 0.717) is 27.1 Å². The smallest absolute Gasteiger partial charge is 0.257 e. The lowest BCUT2D eigenvalue weighted by Gasteiger charge is -2.33. The number of nitrogens with zero attached hydrogens (tertiary/aromatic N) is 1. The van der Waals surface area contributed by atoms with E-state index < -0.39 is 0 Å². The molecule has 2 aromatic rings. The van der Waals surface area contributed by atoms with Gasteiger partial charge in [0.1, 0.15) is 11.1 Å². The van der Waals surface area contributed by atoms with Gasteiger partial charge in [0, 0.05) is 4.88 Å². The number of hydrogen-bond acceptors (Lipinski definition) is 3. The molecule has 1 aliphatic carbocycles. The molecule has 1 amide bonds. The third kappa shape index (κ3) is 3.62.